The molecule has 0 aliphatic rings. The van der Waals surface area contributed by atoms with Crippen molar-refractivity contribution in [1.29, 1.82) is 5.26 Å². The molecule has 2 aromatic rings. The maximum absolute atomic E-state index is 8.75. The minimum Gasteiger partial charge on any atom is -0.495 e. The molecule has 0 radical (unpaired) electrons. The Bertz CT molecular complexity index is 589. The van der Waals surface area contributed by atoms with Gasteiger partial charge in [-0.25, -0.2) is 0 Å². The van der Waals surface area contributed by atoms with E-state index in [0.29, 0.717) is 6.54 Å². The Morgan fingerprint density at radius 3 is 2.89 bits per heavy atom. The summed E-state index contributed by atoms with van der Waals surface area (Å²) in [5.74, 6) is 0.795. The normalized spacial score (nSPS) is 9.83. The number of thiophene rings is 1. The summed E-state index contributed by atoms with van der Waals surface area (Å²) in [6.45, 7) is 0.705. The second kappa shape index (κ2) is 5.89. The highest BCUT2D eigenvalue weighted by molar-refractivity contribution is 9.10. The lowest BCUT2D eigenvalue weighted by Gasteiger charge is -2.08. The van der Waals surface area contributed by atoms with E-state index >= 15 is 0 Å². The molecule has 92 valence electrons. The molecule has 2 rings (SSSR count). The Hall–Kier alpha value is -1.51. The summed E-state index contributed by atoms with van der Waals surface area (Å²) < 4.78 is 6.16. The summed E-state index contributed by atoms with van der Waals surface area (Å²) in [5, 5.41) is 12.1. The number of benzene rings is 1. The lowest BCUT2D eigenvalue weighted by Crippen LogP contribution is -1.97. The third-order valence-corrected chi connectivity index (χ3v) is 4.03. The first-order chi connectivity index (χ1) is 8.72. The SMILES string of the molecule is COc1cc(NCc2ccc(C#N)s2)ccc1Br. The fourth-order valence-corrected chi connectivity index (χ4v) is 2.65. The number of hydrogen-bond acceptors (Lipinski definition) is 4. The van der Waals surface area contributed by atoms with E-state index in [1.54, 1.807) is 7.11 Å². The summed E-state index contributed by atoms with van der Waals surface area (Å²) in [5.41, 5.74) is 0.988. The van der Waals surface area contributed by atoms with E-state index in [4.69, 9.17) is 10.00 Å². The molecule has 0 unspecified atom stereocenters. The molecule has 0 amide bonds. The Morgan fingerprint density at radius 1 is 1.39 bits per heavy atom. The molecule has 1 N–H and O–H groups in total. The van der Waals surface area contributed by atoms with Gasteiger partial charge in [0, 0.05) is 23.2 Å². The molecule has 18 heavy (non-hydrogen) atoms. The first-order valence-electron chi connectivity index (χ1n) is 5.29. The van der Waals surface area contributed by atoms with Gasteiger partial charge in [0.25, 0.3) is 0 Å². The maximum Gasteiger partial charge on any atom is 0.135 e. The van der Waals surface area contributed by atoms with Gasteiger partial charge < -0.3 is 10.1 Å². The molecular formula is C13H11BrN2OS. The van der Waals surface area contributed by atoms with Crippen LogP contribution in [-0.4, -0.2) is 7.11 Å². The molecule has 0 fully saturated rings. The highest BCUT2D eigenvalue weighted by atomic mass is 79.9. The minimum atomic E-state index is 0.705. The fraction of sp³-hybridized carbons (Fsp3) is 0.154. The number of halogens is 1. The molecule has 1 aromatic carbocycles. The van der Waals surface area contributed by atoms with Crippen LogP contribution in [0, 0.1) is 11.3 Å². The molecule has 0 bridgehead atoms. The van der Waals surface area contributed by atoms with Crippen molar-refractivity contribution >= 4 is 33.0 Å². The number of nitrogens with one attached hydrogen (secondary N) is 1. The molecule has 0 saturated carbocycles. The van der Waals surface area contributed by atoms with Crippen LogP contribution in [0.3, 0.4) is 0 Å². The quantitative estimate of drug-likeness (QED) is 0.925. The van der Waals surface area contributed by atoms with Crippen molar-refractivity contribution in [3.63, 3.8) is 0 Å². The molecule has 0 saturated heterocycles. The zero-order valence-electron chi connectivity index (χ0n) is 9.74. The van der Waals surface area contributed by atoms with Crippen molar-refractivity contribution in [2.45, 2.75) is 6.54 Å². The molecule has 0 atom stereocenters. The first kappa shape index (κ1) is 12.9. The summed E-state index contributed by atoms with van der Waals surface area (Å²) in [7, 11) is 1.64. The number of rotatable bonds is 4. The zero-order chi connectivity index (χ0) is 13.0. The van der Waals surface area contributed by atoms with Gasteiger partial charge in [0.05, 0.1) is 11.6 Å². The highest BCUT2D eigenvalue weighted by Gasteiger charge is 2.03. The van der Waals surface area contributed by atoms with Crippen LogP contribution in [0.2, 0.25) is 0 Å². The second-order valence-electron chi connectivity index (χ2n) is 3.58. The van der Waals surface area contributed by atoms with Crippen molar-refractivity contribution in [2.75, 3.05) is 12.4 Å². The monoisotopic (exact) mass is 322 g/mol. The van der Waals surface area contributed by atoms with Gasteiger partial charge >= 0.3 is 0 Å². The largest absolute Gasteiger partial charge is 0.495 e. The Labute approximate surface area is 118 Å². The smallest absolute Gasteiger partial charge is 0.135 e. The van der Waals surface area contributed by atoms with Gasteiger partial charge in [-0.05, 0) is 40.2 Å². The van der Waals surface area contributed by atoms with Crippen molar-refractivity contribution in [3.05, 3.63) is 44.6 Å². The Balaban J connectivity index is 2.04. The van der Waals surface area contributed by atoms with Crippen LogP contribution in [0.25, 0.3) is 0 Å². The highest BCUT2D eigenvalue weighted by Crippen LogP contribution is 2.28. The van der Waals surface area contributed by atoms with E-state index in [-0.39, 0.29) is 0 Å². The molecule has 3 nitrogen and oxygen atoms in total. The Kier molecular flexibility index (Phi) is 4.24. The molecule has 0 aliphatic heterocycles. The molecule has 1 aromatic heterocycles. The van der Waals surface area contributed by atoms with Gasteiger partial charge in [-0.15, -0.1) is 11.3 Å². The van der Waals surface area contributed by atoms with Crippen LogP contribution in [0.15, 0.2) is 34.8 Å². The molecule has 5 heteroatoms. The number of anilines is 1. The first-order valence-corrected chi connectivity index (χ1v) is 6.90. The summed E-state index contributed by atoms with van der Waals surface area (Å²) >= 11 is 4.91. The summed E-state index contributed by atoms with van der Waals surface area (Å²) in [4.78, 5) is 1.87. The van der Waals surface area contributed by atoms with E-state index in [2.05, 4.69) is 27.3 Å². The van der Waals surface area contributed by atoms with Crippen LogP contribution in [0.1, 0.15) is 9.75 Å². The fourth-order valence-electron chi connectivity index (χ4n) is 1.49. The summed E-state index contributed by atoms with van der Waals surface area (Å²) in [6.07, 6.45) is 0. The van der Waals surface area contributed by atoms with Crippen molar-refractivity contribution in [3.8, 4) is 11.8 Å². The number of ether oxygens (including phenoxy) is 1. The second-order valence-corrected chi connectivity index (χ2v) is 5.60. The predicted octanol–water partition coefficient (Wildman–Crippen LogP) is 4.00. The summed E-state index contributed by atoms with van der Waals surface area (Å²) in [6, 6.07) is 11.8. The zero-order valence-corrected chi connectivity index (χ0v) is 12.1. The van der Waals surface area contributed by atoms with Gasteiger partial charge in [0.2, 0.25) is 0 Å². The molecule has 0 spiro atoms. The van der Waals surface area contributed by atoms with Gasteiger partial charge in [-0.3, -0.25) is 0 Å². The number of methoxy groups -OCH3 is 1. The average Bonchev–Trinajstić information content (AvgIpc) is 2.86. The van der Waals surface area contributed by atoms with Crippen LogP contribution in [0.5, 0.6) is 5.75 Å². The third-order valence-electron chi connectivity index (χ3n) is 2.39. The van der Waals surface area contributed by atoms with Gasteiger partial charge in [-0.2, -0.15) is 5.26 Å². The number of nitriles is 1. The lowest BCUT2D eigenvalue weighted by molar-refractivity contribution is 0.412. The van der Waals surface area contributed by atoms with E-state index in [1.807, 2.05) is 30.3 Å². The third kappa shape index (κ3) is 3.03. The van der Waals surface area contributed by atoms with Gasteiger partial charge in [0.15, 0.2) is 0 Å². The maximum atomic E-state index is 8.75. The molecule has 1 heterocycles. The Morgan fingerprint density at radius 2 is 2.22 bits per heavy atom. The molecular weight excluding hydrogens is 312 g/mol. The predicted molar refractivity (Wildman–Crippen MR) is 77.1 cm³/mol. The van der Waals surface area contributed by atoms with Crippen molar-refractivity contribution < 1.29 is 4.74 Å². The van der Waals surface area contributed by atoms with Crippen LogP contribution >= 0.6 is 27.3 Å². The van der Waals surface area contributed by atoms with E-state index in [9.17, 15) is 0 Å². The number of nitrogens with zero attached hydrogens (tertiary/aromatic N) is 1. The van der Waals surface area contributed by atoms with E-state index < -0.39 is 0 Å². The van der Waals surface area contributed by atoms with Gasteiger partial charge in [0.1, 0.15) is 16.7 Å². The topological polar surface area (TPSA) is 45.0 Å². The van der Waals surface area contributed by atoms with Crippen LogP contribution < -0.4 is 10.1 Å². The molecule has 0 aliphatic carbocycles. The number of hydrogen-bond donors (Lipinski definition) is 1. The van der Waals surface area contributed by atoms with Gasteiger partial charge in [-0.1, -0.05) is 0 Å². The van der Waals surface area contributed by atoms with Crippen LogP contribution in [0.4, 0.5) is 5.69 Å². The lowest BCUT2D eigenvalue weighted by atomic mass is 10.3. The average molecular weight is 323 g/mol. The minimum absolute atomic E-state index is 0.705. The standard InChI is InChI=1S/C13H11BrN2OS/c1-17-13-6-9(2-5-12(13)14)16-8-11-4-3-10(7-15)18-11/h2-6,16H,8H2,1H3. The van der Waals surface area contributed by atoms with Crippen molar-refractivity contribution in [2.24, 2.45) is 0 Å². The van der Waals surface area contributed by atoms with E-state index in [1.165, 1.54) is 11.3 Å². The van der Waals surface area contributed by atoms with Crippen LogP contribution in [-0.2, 0) is 6.54 Å². The van der Waals surface area contributed by atoms with E-state index in [0.717, 1.165) is 25.7 Å². The van der Waals surface area contributed by atoms with Crippen molar-refractivity contribution in [1.82, 2.24) is 0 Å².